The third-order valence-corrected chi connectivity index (χ3v) is 1.82. The van der Waals surface area contributed by atoms with Crippen molar-refractivity contribution in [2.45, 2.75) is 20.8 Å². The fourth-order valence-corrected chi connectivity index (χ4v) is 1.20. The van der Waals surface area contributed by atoms with Crippen LogP contribution in [0.15, 0.2) is 27.4 Å². The molecule has 0 aliphatic heterocycles. The number of nitrogens with two attached hydrogens (primary N) is 1. The summed E-state index contributed by atoms with van der Waals surface area (Å²) >= 11 is 0. The van der Waals surface area contributed by atoms with Gasteiger partial charge >= 0.3 is 5.76 Å². The van der Waals surface area contributed by atoms with Crippen molar-refractivity contribution in [3.8, 4) is 0 Å². The second-order valence-corrected chi connectivity index (χ2v) is 2.86. The fourth-order valence-electron chi connectivity index (χ4n) is 1.20. The summed E-state index contributed by atoms with van der Waals surface area (Å²) < 4.78 is 4.88. The summed E-state index contributed by atoms with van der Waals surface area (Å²) in [4.78, 5) is 14.3. The molecule has 1 heterocycles. The first-order valence-electron chi connectivity index (χ1n) is 4.84. The standard InChI is InChI=1S/C9H8N2O2.C2H6/c1-5-2-3-6-7(4-5)13-9(12)11-8(6)10;1-2/h2-4H,1H3,(H2,10,11,12);1-2H3. The van der Waals surface area contributed by atoms with E-state index in [2.05, 4.69) is 4.98 Å². The van der Waals surface area contributed by atoms with Gasteiger partial charge in [0.1, 0.15) is 11.4 Å². The number of anilines is 1. The molecule has 0 aliphatic rings. The number of benzene rings is 1. The molecule has 0 atom stereocenters. The zero-order valence-corrected chi connectivity index (χ0v) is 9.07. The molecule has 1 aromatic carbocycles. The average molecular weight is 206 g/mol. The molecule has 4 heteroatoms. The van der Waals surface area contributed by atoms with Crippen molar-refractivity contribution in [3.63, 3.8) is 0 Å². The third kappa shape index (κ3) is 2.34. The van der Waals surface area contributed by atoms with Gasteiger partial charge in [0.05, 0.1) is 5.39 Å². The lowest BCUT2D eigenvalue weighted by Gasteiger charge is -1.98. The number of nitrogen functional groups attached to an aromatic ring is 1. The van der Waals surface area contributed by atoms with Gasteiger partial charge < -0.3 is 10.2 Å². The molecule has 0 amide bonds. The lowest BCUT2D eigenvalue weighted by Crippen LogP contribution is -2.07. The van der Waals surface area contributed by atoms with Crippen LogP contribution >= 0.6 is 0 Å². The van der Waals surface area contributed by atoms with Gasteiger partial charge in [0.25, 0.3) is 0 Å². The van der Waals surface area contributed by atoms with Gasteiger partial charge in [0, 0.05) is 0 Å². The van der Waals surface area contributed by atoms with Gasteiger partial charge in [-0.1, -0.05) is 19.9 Å². The smallest absolute Gasteiger partial charge is 0.408 e. The lowest BCUT2D eigenvalue weighted by atomic mass is 10.2. The highest BCUT2D eigenvalue weighted by molar-refractivity contribution is 5.86. The number of hydrogen-bond donors (Lipinski definition) is 1. The predicted octanol–water partition coefficient (Wildman–Crippen LogP) is 2.10. The van der Waals surface area contributed by atoms with Crippen molar-refractivity contribution in [1.29, 1.82) is 0 Å². The first-order valence-corrected chi connectivity index (χ1v) is 4.84. The summed E-state index contributed by atoms with van der Waals surface area (Å²) in [5.74, 6) is -0.443. The van der Waals surface area contributed by atoms with Gasteiger partial charge in [-0.15, -0.1) is 0 Å². The summed E-state index contributed by atoms with van der Waals surface area (Å²) in [5.41, 5.74) is 7.03. The molecule has 0 spiro atoms. The topological polar surface area (TPSA) is 69.1 Å². The highest BCUT2D eigenvalue weighted by atomic mass is 16.4. The maximum atomic E-state index is 10.9. The minimum atomic E-state index is -0.657. The van der Waals surface area contributed by atoms with Crippen LogP contribution in [0.5, 0.6) is 0 Å². The molecule has 0 unspecified atom stereocenters. The Balaban J connectivity index is 0.000000531. The number of hydrogen-bond acceptors (Lipinski definition) is 4. The summed E-state index contributed by atoms with van der Waals surface area (Å²) in [5, 5.41) is 0.671. The van der Waals surface area contributed by atoms with E-state index in [1.807, 2.05) is 26.8 Å². The van der Waals surface area contributed by atoms with Crippen LogP contribution in [0, 0.1) is 6.92 Å². The van der Waals surface area contributed by atoms with Crippen LogP contribution < -0.4 is 11.5 Å². The van der Waals surface area contributed by atoms with Crippen LogP contribution in [0.3, 0.4) is 0 Å². The molecule has 2 N–H and O–H groups in total. The van der Waals surface area contributed by atoms with Crippen molar-refractivity contribution in [2.24, 2.45) is 0 Å². The molecule has 0 bridgehead atoms. The Bertz CT molecular complexity index is 517. The van der Waals surface area contributed by atoms with Gasteiger partial charge in [-0.3, -0.25) is 0 Å². The second-order valence-electron chi connectivity index (χ2n) is 2.86. The average Bonchev–Trinajstić information content (AvgIpc) is 2.19. The second kappa shape index (κ2) is 4.59. The van der Waals surface area contributed by atoms with E-state index in [9.17, 15) is 4.79 Å². The summed E-state index contributed by atoms with van der Waals surface area (Å²) in [6, 6.07) is 5.44. The predicted molar refractivity (Wildman–Crippen MR) is 60.8 cm³/mol. The van der Waals surface area contributed by atoms with Crippen LogP contribution in [0.2, 0.25) is 0 Å². The molecule has 80 valence electrons. The quantitative estimate of drug-likeness (QED) is 0.716. The van der Waals surface area contributed by atoms with E-state index in [0.717, 1.165) is 5.56 Å². The third-order valence-electron chi connectivity index (χ3n) is 1.82. The monoisotopic (exact) mass is 206 g/mol. The largest absolute Gasteiger partial charge is 0.441 e. The Labute approximate surface area is 87.7 Å². The van der Waals surface area contributed by atoms with Crippen molar-refractivity contribution in [1.82, 2.24) is 4.98 Å². The zero-order chi connectivity index (χ0) is 11.4. The first kappa shape index (κ1) is 11.2. The number of rotatable bonds is 0. The van der Waals surface area contributed by atoms with Crippen LogP contribution in [-0.2, 0) is 0 Å². The summed E-state index contributed by atoms with van der Waals surface area (Å²) in [6.45, 7) is 5.91. The van der Waals surface area contributed by atoms with Crippen molar-refractivity contribution in [3.05, 3.63) is 34.3 Å². The molecule has 0 radical (unpaired) electrons. The fraction of sp³-hybridized carbons (Fsp3) is 0.273. The van der Waals surface area contributed by atoms with E-state index in [1.54, 1.807) is 12.1 Å². The zero-order valence-electron chi connectivity index (χ0n) is 9.07. The van der Waals surface area contributed by atoms with E-state index in [4.69, 9.17) is 10.2 Å². The number of fused-ring (bicyclic) bond motifs is 1. The molecule has 0 saturated carbocycles. The number of aromatic nitrogens is 1. The minimum Gasteiger partial charge on any atom is -0.408 e. The molecule has 2 aromatic rings. The Morgan fingerprint density at radius 2 is 2.00 bits per heavy atom. The van der Waals surface area contributed by atoms with Gasteiger partial charge in [-0.25, -0.2) is 4.79 Å². The highest BCUT2D eigenvalue weighted by Gasteiger charge is 2.02. The van der Waals surface area contributed by atoms with Gasteiger partial charge in [-0.05, 0) is 24.6 Å². The molecule has 2 rings (SSSR count). The Morgan fingerprint density at radius 3 is 2.67 bits per heavy atom. The maximum absolute atomic E-state index is 10.9. The molecule has 1 aromatic heterocycles. The van der Waals surface area contributed by atoms with E-state index in [0.29, 0.717) is 11.0 Å². The molecule has 0 aliphatic carbocycles. The van der Waals surface area contributed by atoms with E-state index < -0.39 is 5.76 Å². The minimum absolute atomic E-state index is 0.214. The van der Waals surface area contributed by atoms with Crippen molar-refractivity contribution >= 4 is 16.8 Å². The normalized spacial score (nSPS) is 9.53. The van der Waals surface area contributed by atoms with Crippen LogP contribution in [0.1, 0.15) is 19.4 Å². The van der Waals surface area contributed by atoms with Crippen molar-refractivity contribution in [2.75, 3.05) is 5.73 Å². The van der Waals surface area contributed by atoms with Crippen LogP contribution in [0.4, 0.5) is 5.82 Å². The molecule has 0 saturated heterocycles. The molecular formula is C11H14N2O2. The molecular weight excluding hydrogens is 192 g/mol. The number of nitrogens with zero attached hydrogens (tertiary/aromatic N) is 1. The Hall–Kier alpha value is -1.84. The Kier molecular flexibility index (Phi) is 3.44. The van der Waals surface area contributed by atoms with E-state index >= 15 is 0 Å². The first-order chi connectivity index (χ1) is 7.16. The molecule has 15 heavy (non-hydrogen) atoms. The van der Waals surface area contributed by atoms with Gasteiger partial charge in [0.15, 0.2) is 0 Å². The maximum Gasteiger partial charge on any atom is 0.441 e. The molecule has 4 nitrogen and oxygen atoms in total. The van der Waals surface area contributed by atoms with Gasteiger partial charge in [-0.2, -0.15) is 4.98 Å². The highest BCUT2D eigenvalue weighted by Crippen LogP contribution is 2.17. The molecule has 0 fully saturated rings. The lowest BCUT2D eigenvalue weighted by molar-refractivity contribution is 0.533. The Morgan fingerprint density at radius 1 is 1.33 bits per heavy atom. The van der Waals surface area contributed by atoms with E-state index in [1.165, 1.54) is 0 Å². The van der Waals surface area contributed by atoms with Gasteiger partial charge in [0.2, 0.25) is 0 Å². The van der Waals surface area contributed by atoms with Crippen LogP contribution in [0.25, 0.3) is 11.0 Å². The number of aryl methyl sites for hydroxylation is 1. The SMILES string of the molecule is CC.Cc1ccc2c(N)nc(=O)oc2c1. The van der Waals surface area contributed by atoms with Crippen molar-refractivity contribution < 1.29 is 4.42 Å². The van der Waals surface area contributed by atoms with Crippen LogP contribution in [-0.4, -0.2) is 4.98 Å². The summed E-state index contributed by atoms with van der Waals surface area (Å²) in [7, 11) is 0. The summed E-state index contributed by atoms with van der Waals surface area (Å²) in [6.07, 6.45) is 0. The van der Waals surface area contributed by atoms with E-state index in [-0.39, 0.29) is 5.82 Å².